The monoisotopic (exact) mass is 649 g/mol. The zero-order valence-corrected chi connectivity index (χ0v) is 27.2. The van der Waals surface area contributed by atoms with Crippen LogP contribution in [-0.4, -0.2) is 15.0 Å². The lowest BCUT2D eigenvalue weighted by atomic mass is 9.95. The molecule has 49 heavy (non-hydrogen) atoms. The largest absolute Gasteiger partial charge is 0.456 e. The molecule has 9 rings (SSSR count). The van der Waals surface area contributed by atoms with Gasteiger partial charge in [-0.05, 0) is 46.2 Å². The number of ether oxygens (including phenoxy) is 1. The summed E-state index contributed by atoms with van der Waals surface area (Å²) < 4.78 is 21.7. The van der Waals surface area contributed by atoms with Crippen molar-refractivity contribution in [1.82, 2.24) is 15.0 Å². The first kappa shape index (κ1) is 29.0. The van der Waals surface area contributed by atoms with E-state index in [1.807, 2.05) is 140 Å². The van der Waals surface area contributed by atoms with Gasteiger partial charge in [-0.3, -0.25) is 0 Å². The van der Waals surface area contributed by atoms with Crippen LogP contribution in [0.2, 0.25) is 0 Å². The summed E-state index contributed by atoms with van der Waals surface area (Å²) in [5, 5.41) is 4.23. The molecule has 7 aromatic carbocycles. The van der Waals surface area contributed by atoms with Gasteiger partial charge in [0.25, 0.3) is 0 Å². The highest BCUT2D eigenvalue weighted by Gasteiger charge is 2.39. The van der Waals surface area contributed by atoms with Crippen molar-refractivity contribution in [2.24, 2.45) is 0 Å². The summed E-state index contributed by atoms with van der Waals surface area (Å²) in [5.74, 6) is 3.07. The highest BCUT2D eigenvalue weighted by atomic mass is 31.2. The number of aromatic nitrogens is 3. The fourth-order valence-corrected chi connectivity index (χ4v) is 9.56. The number of rotatable bonds is 5. The SMILES string of the molecule is O=P1(c2ccccc2)c2ccccc2Oc2ccc(-c3cccc4c(-c5nc(-c6ccccc6)nc(-c6ccccc6)n5)cccc34)cc21. The Morgan fingerprint density at radius 1 is 0.408 bits per heavy atom. The van der Waals surface area contributed by atoms with Gasteiger partial charge in [-0.25, -0.2) is 15.0 Å². The molecular weight excluding hydrogens is 621 g/mol. The zero-order valence-electron chi connectivity index (χ0n) is 26.3. The summed E-state index contributed by atoms with van der Waals surface area (Å²) in [6.45, 7) is 0. The molecule has 0 spiro atoms. The second-order valence-electron chi connectivity index (χ2n) is 11.9. The quantitative estimate of drug-likeness (QED) is 0.174. The lowest BCUT2D eigenvalue weighted by Crippen LogP contribution is -2.30. The van der Waals surface area contributed by atoms with Crippen LogP contribution >= 0.6 is 7.14 Å². The summed E-state index contributed by atoms with van der Waals surface area (Å²) in [4.78, 5) is 14.9. The summed E-state index contributed by atoms with van der Waals surface area (Å²) in [6, 6.07) is 55.9. The van der Waals surface area contributed by atoms with Gasteiger partial charge in [0.15, 0.2) is 24.6 Å². The molecule has 1 aromatic heterocycles. The first-order valence-corrected chi connectivity index (χ1v) is 17.8. The van der Waals surface area contributed by atoms with Crippen LogP contribution in [-0.2, 0) is 4.57 Å². The minimum atomic E-state index is -3.23. The Balaban J connectivity index is 1.22. The van der Waals surface area contributed by atoms with E-state index in [0.717, 1.165) is 43.9 Å². The molecule has 232 valence electrons. The molecular formula is C43H28N3O2P. The van der Waals surface area contributed by atoms with Gasteiger partial charge in [-0.1, -0.05) is 146 Å². The van der Waals surface area contributed by atoms with Crippen molar-refractivity contribution in [2.75, 3.05) is 0 Å². The van der Waals surface area contributed by atoms with Crippen molar-refractivity contribution >= 4 is 33.8 Å². The van der Waals surface area contributed by atoms with Gasteiger partial charge in [-0.2, -0.15) is 0 Å². The molecule has 1 unspecified atom stereocenters. The maximum atomic E-state index is 15.4. The molecule has 5 nitrogen and oxygen atoms in total. The van der Waals surface area contributed by atoms with Gasteiger partial charge in [0.05, 0.1) is 10.6 Å². The molecule has 0 saturated carbocycles. The van der Waals surface area contributed by atoms with E-state index in [1.54, 1.807) is 0 Å². The molecule has 0 amide bonds. The molecule has 0 bridgehead atoms. The normalized spacial score (nSPS) is 14.9. The fraction of sp³-hybridized carbons (Fsp3) is 0. The summed E-state index contributed by atoms with van der Waals surface area (Å²) in [7, 11) is -3.23. The molecule has 0 fully saturated rings. The van der Waals surface area contributed by atoms with Crippen molar-refractivity contribution in [3.63, 3.8) is 0 Å². The standard InChI is InChI=1S/C43H28N3O2P/c47-49(32-18-8-3-9-19-32)39-25-11-10-24-37(39)48-38-27-26-31(28-40(38)49)33-20-12-22-35-34(33)21-13-23-36(35)43-45-41(29-14-4-1-5-15-29)44-42(46-43)30-16-6-2-7-17-30/h1-28H. The molecule has 0 N–H and O–H groups in total. The average molecular weight is 650 g/mol. The van der Waals surface area contributed by atoms with Gasteiger partial charge in [0.1, 0.15) is 11.5 Å². The predicted octanol–water partition coefficient (Wildman–Crippen LogP) is 9.44. The number of nitrogens with zero attached hydrogens (tertiary/aromatic N) is 3. The van der Waals surface area contributed by atoms with Crippen LogP contribution in [0.5, 0.6) is 11.5 Å². The van der Waals surface area contributed by atoms with Crippen molar-refractivity contribution < 1.29 is 9.30 Å². The number of hydrogen-bond donors (Lipinski definition) is 0. The molecule has 0 radical (unpaired) electrons. The minimum absolute atomic E-state index is 0.597. The Bertz CT molecular complexity index is 2500. The molecule has 1 aliphatic heterocycles. The minimum Gasteiger partial charge on any atom is -0.456 e. The summed E-state index contributed by atoms with van der Waals surface area (Å²) >= 11 is 0. The van der Waals surface area contributed by atoms with Gasteiger partial charge >= 0.3 is 0 Å². The highest BCUT2D eigenvalue weighted by Crippen LogP contribution is 2.52. The second-order valence-corrected chi connectivity index (χ2v) is 14.6. The first-order valence-electron chi connectivity index (χ1n) is 16.1. The molecule has 1 aliphatic rings. The van der Waals surface area contributed by atoms with E-state index >= 15 is 4.57 Å². The van der Waals surface area contributed by atoms with Crippen LogP contribution in [0, 0.1) is 0 Å². The van der Waals surface area contributed by atoms with Crippen LogP contribution < -0.4 is 20.7 Å². The van der Waals surface area contributed by atoms with E-state index in [9.17, 15) is 0 Å². The maximum absolute atomic E-state index is 15.4. The van der Waals surface area contributed by atoms with Gasteiger partial charge in [0, 0.05) is 22.0 Å². The Morgan fingerprint density at radius 2 is 0.939 bits per heavy atom. The van der Waals surface area contributed by atoms with E-state index in [4.69, 9.17) is 19.7 Å². The van der Waals surface area contributed by atoms with Crippen molar-refractivity contribution in [1.29, 1.82) is 0 Å². The number of hydrogen-bond acceptors (Lipinski definition) is 5. The van der Waals surface area contributed by atoms with Crippen LogP contribution in [0.15, 0.2) is 170 Å². The van der Waals surface area contributed by atoms with Crippen molar-refractivity contribution in [3.05, 3.63) is 170 Å². The lowest BCUT2D eigenvalue weighted by Gasteiger charge is -2.29. The second kappa shape index (κ2) is 11.8. The van der Waals surface area contributed by atoms with Crippen molar-refractivity contribution in [2.45, 2.75) is 0 Å². The molecule has 1 atom stereocenters. The maximum Gasteiger partial charge on any atom is 0.178 e. The molecule has 8 aromatic rings. The number of fused-ring (bicyclic) bond motifs is 3. The topological polar surface area (TPSA) is 65.0 Å². The van der Waals surface area contributed by atoms with E-state index in [1.165, 1.54) is 0 Å². The van der Waals surface area contributed by atoms with Crippen molar-refractivity contribution in [3.8, 4) is 56.8 Å². The fourth-order valence-electron chi connectivity index (χ4n) is 6.67. The molecule has 6 heteroatoms. The van der Waals surface area contributed by atoms with E-state index < -0.39 is 7.14 Å². The first-order chi connectivity index (χ1) is 24.2. The average Bonchev–Trinajstić information content (AvgIpc) is 3.18. The third-order valence-corrected chi connectivity index (χ3v) is 12.1. The van der Waals surface area contributed by atoms with Crippen LogP contribution in [0.25, 0.3) is 56.1 Å². The van der Waals surface area contributed by atoms with E-state index in [-0.39, 0.29) is 0 Å². The van der Waals surface area contributed by atoms with Crippen LogP contribution in [0.4, 0.5) is 0 Å². The van der Waals surface area contributed by atoms with E-state index in [0.29, 0.717) is 39.6 Å². The summed E-state index contributed by atoms with van der Waals surface area (Å²) in [6.07, 6.45) is 0. The number of para-hydroxylation sites is 1. The Labute approximate surface area is 284 Å². The Morgan fingerprint density at radius 3 is 1.61 bits per heavy atom. The molecule has 0 saturated heterocycles. The molecule has 0 aliphatic carbocycles. The third kappa shape index (κ3) is 4.95. The summed E-state index contributed by atoms with van der Waals surface area (Å²) in [5.41, 5.74) is 4.71. The van der Waals surface area contributed by atoms with Crippen LogP contribution in [0.3, 0.4) is 0 Å². The zero-order chi connectivity index (χ0) is 32.8. The Kier molecular flexibility index (Phi) is 7.00. The molecule has 2 heterocycles. The van der Waals surface area contributed by atoms with Gasteiger partial charge in [0.2, 0.25) is 0 Å². The van der Waals surface area contributed by atoms with Gasteiger partial charge in [-0.15, -0.1) is 0 Å². The Hall–Kier alpha value is -6.16. The predicted molar refractivity (Wildman–Crippen MR) is 199 cm³/mol. The van der Waals surface area contributed by atoms with Crippen LogP contribution in [0.1, 0.15) is 0 Å². The third-order valence-electron chi connectivity index (χ3n) is 9.02. The number of benzene rings is 7. The van der Waals surface area contributed by atoms with Gasteiger partial charge < -0.3 is 9.30 Å². The smallest absolute Gasteiger partial charge is 0.178 e. The lowest BCUT2D eigenvalue weighted by molar-refractivity contribution is 0.485. The van der Waals surface area contributed by atoms with E-state index in [2.05, 4.69) is 30.3 Å². The highest BCUT2D eigenvalue weighted by molar-refractivity contribution is 7.85.